The van der Waals surface area contributed by atoms with E-state index < -0.39 is 10.0 Å². The molecule has 1 aliphatic carbocycles. The highest BCUT2D eigenvalue weighted by atomic mass is 32.2. The number of halogens is 1. The summed E-state index contributed by atoms with van der Waals surface area (Å²) in [7, 11) is -3.55. The third kappa shape index (κ3) is 3.34. The molecule has 106 valence electrons. The summed E-state index contributed by atoms with van der Waals surface area (Å²) >= 11 is 0. The molecule has 19 heavy (non-hydrogen) atoms. The van der Waals surface area contributed by atoms with E-state index in [2.05, 4.69) is 11.6 Å². The Balaban J connectivity index is 2.19. The van der Waals surface area contributed by atoms with Crippen molar-refractivity contribution >= 4 is 10.0 Å². The lowest BCUT2D eigenvalue weighted by Crippen LogP contribution is -2.40. The minimum Gasteiger partial charge on any atom is -0.208 e. The molecular weight excluding hydrogens is 265 g/mol. The van der Waals surface area contributed by atoms with Gasteiger partial charge in [0, 0.05) is 6.04 Å². The molecule has 0 aromatic heterocycles. The Bertz CT molecular complexity index is 557. The van der Waals surface area contributed by atoms with Crippen LogP contribution in [0.5, 0.6) is 0 Å². The van der Waals surface area contributed by atoms with Gasteiger partial charge in [0.05, 0.1) is 4.90 Å². The second-order valence-corrected chi connectivity index (χ2v) is 7.11. The molecule has 1 aliphatic rings. The van der Waals surface area contributed by atoms with Crippen molar-refractivity contribution in [2.45, 2.75) is 50.5 Å². The highest BCUT2D eigenvalue weighted by molar-refractivity contribution is 7.89. The standard InChI is InChI=1S/C14H20FNO2S/c1-10-5-3-4-6-14(10)16-19(17,18)12-7-8-13(15)11(2)9-12/h7-10,14,16H,3-6H2,1-2H3/t10-,14-/m1/s1. The van der Waals surface area contributed by atoms with Crippen molar-refractivity contribution in [2.75, 3.05) is 0 Å². The smallest absolute Gasteiger partial charge is 0.208 e. The molecule has 5 heteroatoms. The maximum Gasteiger partial charge on any atom is 0.240 e. The SMILES string of the molecule is Cc1cc(S(=O)(=O)N[C@@H]2CCCC[C@H]2C)ccc1F. The van der Waals surface area contributed by atoms with Gasteiger partial charge in [0.2, 0.25) is 10.0 Å². The Morgan fingerprint density at radius 2 is 1.95 bits per heavy atom. The van der Waals surface area contributed by atoms with Gasteiger partial charge in [-0.2, -0.15) is 0 Å². The number of hydrogen-bond acceptors (Lipinski definition) is 2. The lowest BCUT2D eigenvalue weighted by Gasteiger charge is -2.29. The van der Waals surface area contributed by atoms with Gasteiger partial charge in [-0.15, -0.1) is 0 Å². The summed E-state index contributed by atoms with van der Waals surface area (Å²) in [5, 5.41) is 0. The van der Waals surface area contributed by atoms with E-state index >= 15 is 0 Å². The van der Waals surface area contributed by atoms with Crippen LogP contribution in [0.15, 0.2) is 23.1 Å². The topological polar surface area (TPSA) is 46.2 Å². The average molecular weight is 285 g/mol. The molecule has 0 saturated heterocycles. The molecule has 1 N–H and O–H groups in total. The third-order valence-corrected chi connectivity index (χ3v) is 5.35. The fraction of sp³-hybridized carbons (Fsp3) is 0.571. The van der Waals surface area contributed by atoms with Crippen LogP contribution in [0.1, 0.15) is 38.2 Å². The largest absolute Gasteiger partial charge is 0.240 e. The van der Waals surface area contributed by atoms with Crippen molar-refractivity contribution < 1.29 is 12.8 Å². The van der Waals surface area contributed by atoms with Crippen molar-refractivity contribution in [3.8, 4) is 0 Å². The summed E-state index contributed by atoms with van der Waals surface area (Å²) < 4.78 is 40.5. The van der Waals surface area contributed by atoms with Gasteiger partial charge in [0.15, 0.2) is 0 Å². The molecule has 1 aromatic carbocycles. The first-order chi connectivity index (χ1) is 8.90. The van der Waals surface area contributed by atoms with Gasteiger partial charge >= 0.3 is 0 Å². The van der Waals surface area contributed by atoms with Crippen LogP contribution < -0.4 is 4.72 Å². The number of benzene rings is 1. The van der Waals surface area contributed by atoms with Gasteiger partial charge in [-0.05, 0) is 49.4 Å². The summed E-state index contributed by atoms with van der Waals surface area (Å²) in [6, 6.07) is 3.89. The fourth-order valence-corrected chi connectivity index (χ4v) is 4.01. The molecule has 0 spiro atoms. The van der Waals surface area contributed by atoms with Crippen LogP contribution in [-0.2, 0) is 10.0 Å². The van der Waals surface area contributed by atoms with Crippen LogP contribution in [0.25, 0.3) is 0 Å². The molecule has 3 nitrogen and oxygen atoms in total. The van der Waals surface area contributed by atoms with Gasteiger partial charge in [-0.1, -0.05) is 19.8 Å². The number of hydrogen-bond donors (Lipinski definition) is 1. The summed E-state index contributed by atoms with van der Waals surface area (Å²) in [5.41, 5.74) is 0.347. The van der Waals surface area contributed by atoms with Crippen LogP contribution in [0, 0.1) is 18.7 Å². The zero-order valence-corrected chi connectivity index (χ0v) is 12.1. The lowest BCUT2D eigenvalue weighted by molar-refractivity contribution is 0.310. The maximum atomic E-state index is 13.2. The number of sulfonamides is 1. The van der Waals surface area contributed by atoms with E-state index in [1.165, 1.54) is 18.2 Å². The predicted molar refractivity (Wildman–Crippen MR) is 72.9 cm³/mol. The van der Waals surface area contributed by atoms with Crippen LogP contribution in [0.4, 0.5) is 4.39 Å². The number of aryl methyl sites for hydroxylation is 1. The van der Waals surface area contributed by atoms with Gasteiger partial charge in [-0.25, -0.2) is 17.5 Å². The average Bonchev–Trinajstić information content (AvgIpc) is 2.35. The van der Waals surface area contributed by atoms with Crippen LogP contribution in [0.2, 0.25) is 0 Å². The Morgan fingerprint density at radius 3 is 2.58 bits per heavy atom. The molecule has 1 saturated carbocycles. The molecule has 2 rings (SSSR count). The normalized spacial score (nSPS) is 24.4. The predicted octanol–water partition coefficient (Wildman–Crippen LogP) is 2.99. The van der Waals surface area contributed by atoms with Crippen LogP contribution in [0.3, 0.4) is 0 Å². The fourth-order valence-electron chi connectivity index (χ4n) is 2.54. The molecule has 1 fully saturated rings. The van der Waals surface area contributed by atoms with Crippen molar-refractivity contribution in [3.63, 3.8) is 0 Å². The van der Waals surface area contributed by atoms with Crippen molar-refractivity contribution in [3.05, 3.63) is 29.6 Å². The lowest BCUT2D eigenvalue weighted by atomic mass is 9.87. The van der Waals surface area contributed by atoms with Crippen LogP contribution >= 0.6 is 0 Å². The summed E-state index contributed by atoms with van der Waals surface area (Å²) in [6.45, 7) is 3.64. The summed E-state index contributed by atoms with van der Waals surface area (Å²) in [6.07, 6.45) is 4.14. The maximum absolute atomic E-state index is 13.2. The number of rotatable bonds is 3. The first-order valence-electron chi connectivity index (χ1n) is 6.68. The Labute approximate surface area is 114 Å². The minimum atomic E-state index is -3.55. The first kappa shape index (κ1) is 14.5. The molecule has 2 atom stereocenters. The monoisotopic (exact) mass is 285 g/mol. The quantitative estimate of drug-likeness (QED) is 0.928. The molecule has 1 aromatic rings. The van der Waals surface area contributed by atoms with Crippen molar-refractivity contribution in [1.82, 2.24) is 4.72 Å². The Hall–Kier alpha value is -0.940. The van der Waals surface area contributed by atoms with E-state index in [0.717, 1.165) is 25.7 Å². The second-order valence-electron chi connectivity index (χ2n) is 5.40. The second kappa shape index (κ2) is 5.59. The van der Waals surface area contributed by atoms with E-state index in [4.69, 9.17) is 0 Å². The highest BCUT2D eigenvalue weighted by Gasteiger charge is 2.26. The van der Waals surface area contributed by atoms with Gasteiger partial charge < -0.3 is 0 Å². The molecular formula is C14H20FNO2S. The summed E-state index contributed by atoms with van der Waals surface area (Å²) in [5.74, 6) is -0.0324. The molecule has 0 radical (unpaired) electrons. The highest BCUT2D eigenvalue weighted by Crippen LogP contribution is 2.25. The molecule has 0 bridgehead atoms. The molecule has 0 amide bonds. The molecule has 0 unspecified atom stereocenters. The van der Waals surface area contributed by atoms with Gasteiger partial charge in [0.1, 0.15) is 5.82 Å². The zero-order valence-electron chi connectivity index (χ0n) is 11.3. The molecule has 0 heterocycles. The van der Waals surface area contributed by atoms with Crippen molar-refractivity contribution in [2.24, 2.45) is 5.92 Å². The Morgan fingerprint density at radius 1 is 1.26 bits per heavy atom. The zero-order chi connectivity index (χ0) is 14.0. The van der Waals surface area contributed by atoms with Gasteiger partial charge in [0.25, 0.3) is 0 Å². The number of nitrogens with one attached hydrogen (secondary N) is 1. The van der Waals surface area contributed by atoms with E-state index in [-0.39, 0.29) is 16.8 Å². The van der Waals surface area contributed by atoms with E-state index in [0.29, 0.717) is 11.5 Å². The van der Waals surface area contributed by atoms with E-state index in [9.17, 15) is 12.8 Å². The van der Waals surface area contributed by atoms with E-state index in [1.807, 2.05) is 0 Å². The first-order valence-corrected chi connectivity index (χ1v) is 8.17. The van der Waals surface area contributed by atoms with Crippen molar-refractivity contribution in [1.29, 1.82) is 0 Å². The third-order valence-electron chi connectivity index (χ3n) is 3.86. The van der Waals surface area contributed by atoms with Gasteiger partial charge in [-0.3, -0.25) is 0 Å². The summed E-state index contributed by atoms with van der Waals surface area (Å²) in [4.78, 5) is 0.143. The Kier molecular flexibility index (Phi) is 4.26. The molecule has 0 aliphatic heterocycles. The van der Waals surface area contributed by atoms with Crippen LogP contribution in [-0.4, -0.2) is 14.5 Å². The minimum absolute atomic E-state index is 0.0101. The van der Waals surface area contributed by atoms with E-state index in [1.54, 1.807) is 6.92 Å².